The molecule has 0 aliphatic carbocycles. The van der Waals surface area contributed by atoms with Crippen LogP contribution in [-0.4, -0.2) is 33.0 Å². The molecule has 2 heterocycles. The van der Waals surface area contributed by atoms with E-state index >= 15 is 0 Å². The van der Waals surface area contributed by atoms with E-state index in [1.165, 1.54) is 4.57 Å². The van der Waals surface area contributed by atoms with Crippen molar-refractivity contribution in [3.8, 4) is 11.5 Å². The molecule has 0 amide bonds. The van der Waals surface area contributed by atoms with Gasteiger partial charge in [-0.15, -0.1) is 10.2 Å². The molecule has 2 aromatic heterocycles. The Balaban J connectivity index is 2.67. The molecule has 0 atom stereocenters. The van der Waals surface area contributed by atoms with Crippen molar-refractivity contribution >= 4 is 19.7 Å². The highest BCUT2D eigenvalue weighted by Gasteiger charge is 2.24. The van der Waals surface area contributed by atoms with Gasteiger partial charge in [0.05, 0.1) is 5.69 Å². The minimum absolute atomic E-state index is 0.242. The highest BCUT2D eigenvalue weighted by Crippen LogP contribution is 2.23. The second kappa shape index (κ2) is 4.93. The van der Waals surface area contributed by atoms with Gasteiger partial charge in [-0.05, 0) is 26.8 Å². The van der Waals surface area contributed by atoms with Gasteiger partial charge in [0.2, 0.25) is 0 Å². The molecule has 0 radical (unpaired) electrons. The Morgan fingerprint density at radius 1 is 1.26 bits per heavy atom. The fraction of sp³-hybridized carbons (Fsp3) is 0.500. The molecule has 104 valence electrons. The number of halogens is 1. The van der Waals surface area contributed by atoms with Crippen molar-refractivity contribution < 1.29 is 8.42 Å². The molecule has 2 aromatic rings. The van der Waals surface area contributed by atoms with Crippen molar-refractivity contribution in [3.63, 3.8) is 0 Å². The highest BCUT2D eigenvalue weighted by molar-refractivity contribution is 8.13. The molecule has 0 unspecified atom stereocenters. The summed E-state index contributed by atoms with van der Waals surface area (Å²) >= 11 is 0. The van der Waals surface area contributed by atoms with Crippen LogP contribution in [0.15, 0.2) is 11.2 Å². The van der Waals surface area contributed by atoms with Crippen LogP contribution >= 0.6 is 10.7 Å². The fourth-order valence-electron chi connectivity index (χ4n) is 1.91. The Morgan fingerprint density at radius 2 is 1.95 bits per heavy atom. The summed E-state index contributed by atoms with van der Waals surface area (Å²) in [4.78, 5) is 0. The third kappa shape index (κ3) is 2.50. The van der Waals surface area contributed by atoms with E-state index in [4.69, 9.17) is 10.7 Å². The van der Waals surface area contributed by atoms with E-state index in [0.717, 1.165) is 11.4 Å². The van der Waals surface area contributed by atoms with Crippen LogP contribution in [0.1, 0.15) is 19.5 Å². The van der Waals surface area contributed by atoms with E-state index in [1.54, 1.807) is 11.6 Å². The van der Waals surface area contributed by atoms with Gasteiger partial charge in [-0.1, -0.05) is 0 Å². The molecule has 0 spiro atoms. The van der Waals surface area contributed by atoms with Gasteiger partial charge in [-0.2, -0.15) is 5.10 Å². The second-order valence-corrected chi connectivity index (χ2v) is 6.43. The monoisotopic (exact) mass is 303 g/mol. The molecule has 7 nitrogen and oxygen atoms in total. The molecule has 0 N–H and O–H groups in total. The fourth-order valence-corrected chi connectivity index (χ4v) is 2.87. The van der Waals surface area contributed by atoms with Crippen LogP contribution in [0.3, 0.4) is 0 Å². The molecule has 0 bridgehead atoms. The van der Waals surface area contributed by atoms with E-state index in [-0.39, 0.29) is 5.16 Å². The normalized spacial score (nSPS) is 12.0. The highest BCUT2D eigenvalue weighted by atomic mass is 35.7. The van der Waals surface area contributed by atoms with Crippen LogP contribution in [-0.2, 0) is 22.1 Å². The second-order valence-electron chi connectivity index (χ2n) is 3.98. The van der Waals surface area contributed by atoms with Gasteiger partial charge in [-0.25, -0.2) is 8.42 Å². The average Bonchev–Trinajstić information content (AvgIpc) is 2.90. The third-order valence-electron chi connectivity index (χ3n) is 2.68. The van der Waals surface area contributed by atoms with Crippen molar-refractivity contribution in [2.75, 3.05) is 0 Å². The first-order valence-electron chi connectivity index (χ1n) is 5.81. The summed E-state index contributed by atoms with van der Waals surface area (Å²) in [5.74, 6) is 0.448. The number of hydrogen-bond donors (Lipinski definition) is 0. The smallest absolute Gasteiger partial charge is 0.296 e. The van der Waals surface area contributed by atoms with Crippen LogP contribution in [0.2, 0.25) is 0 Å². The first-order chi connectivity index (χ1) is 8.88. The van der Waals surface area contributed by atoms with Crippen molar-refractivity contribution in [3.05, 3.63) is 11.8 Å². The minimum Gasteiger partial charge on any atom is -0.296 e. The maximum atomic E-state index is 11.4. The van der Waals surface area contributed by atoms with E-state index in [0.29, 0.717) is 18.9 Å². The van der Waals surface area contributed by atoms with E-state index < -0.39 is 9.05 Å². The molecule has 9 heteroatoms. The summed E-state index contributed by atoms with van der Waals surface area (Å²) in [6.45, 7) is 6.67. The van der Waals surface area contributed by atoms with Crippen molar-refractivity contribution in [2.45, 2.75) is 39.0 Å². The molecule has 0 saturated heterocycles. The third-order valence-corrected chi connectivity index (χ3v) is 3.83. The zero-order valence-electron chi connectivity index (χ0n) is 10.8. The van der Waals surface area contributed by atoms with Gasteiger partial charge >= 0.3 is 0 Å². The van der Waals surface area contributed by atoms with Crippen LogP contribution in [0.4, 0.5) is 0 Å². The zero-order valence-corrected chi connectivity index (χ0v) is 12.4. The predicted molar refractivity (Wildman–Crippen MR) is 70.4 cm³/mol. The van der Waals surface area contributed by atoms with Gasteiger partial charge in [0.25, 0.3) is 14.2 Å². The topological polar surface area (TPSA) is 82.7 Å². The lowest BCUT2D eigenvalue weighted by molar-refractivity contribution is 0.581. The van der Waals surface area contributed by atoms with Crippen molar-refractivity contribution in [1.29, 1.82) is 0 Å². The number of nitrogens with zero attached hydrogens (tertiary/aromatic N) is 5. The van der Waals surface area contributed by atoms with E-state index in [2.05, 4.69) is 15.3 Å². The lowest BCUT2D eigenvalue weighted by Crippen LogP contribution is -2.08. The van der Waals surface area contributed by atoms with Gasteiger partial charge in [0.15, 0.2) is 5.82 Å². The summed E-state index contributed by atoms with van der Waals surface area (Å²) in [5.41, 5.74) is 1.55. The molecule has 0 aliphatic rings. The average molecular weight is 304 g/mol. The van der Waals surface area contributed by atoms with Crippen LogP contribution in [0, 0.1) is 6.92 Å². The van der Waals surface area contributed by atoms with Crippen LogP contribution in [0.25, 0.3) is 11.5 Å². The first-order valence-corrected chi connectivity index (χ1v) is 8.12. The minimum atomic E-state index is -3.91. The Morgan fingerprint density at radius 3 is 2.47 bits per heavy atom. The van der Waals surface area contributed by atoms with Gasteiger partial charge in [-0.3, -0.25) is 9.25 Å². The van der Waals surface area contributed by atoms with Gasteiger partial charge in [0, 0.05) is 23.8 Å². The standard InChI is InChI=1S/C10H14ClN5O2S/c1-4-15-9(12-13-10(15)19(11,17)18)8-6-7(3)14-16(8)5-2/h6H,4-5H2,1-3H3. The quantitative estimate of drug-likeness (QED) is 0.798. The summed E-state index contributed by atoms with van der Waals surface area (Å²) < 4.78 is 26.1. The first kappa shape index (κ1) is 14.0. The molecule has 0 fully saturated rings. The Labute approximate surface area is 115 Å². The SMILES string of the molecule is CCn1nc(C)cc1-c1nnc(S(=O)(=O)Cl)n1CC. The largest absolute Gasteiger partial charge is 0.296 e. The lowest BCUT2D eigenvalue weighted by atomic mass is 10.3. The Kier molecular flexibility index (Phi) is 3.64. The van der Waals surface area contributed by atoms with Gasteiger partial charge in [0.1, 0.15) is 5.69 Å². The van der Waals surface area contributed by atoms with Crippen molar-refractivity contribution in [1.82, 2.24) is 24.5 Å². The molecule has 0 aliphatic heterocycles. The summed E-state index contributed by atoms with van der Waals surface area (Å²) in [5, 5.41) is 11.7. The zero-order chi connectivity index (χ0) is 14.2. The van der Waals surface area contributed by atoms with E-state index in [9.17, 15) is 8.42 Å². The molecule has 19 heavy (non-hydrogen) atoms. The van der Waals surface area contributed by atoms with Crippen LogP contribution < -0.4 is 0 Å². The number of aromatic nitrogens is 5. The number of rotatable bonds is 4. The molecule has 2 rings (SSSR count). The molecular formula is C10H14ClN5O2S. The van der Waals surface area contributed by atoms with Crippen molar-refractivity contribution in [2.24, 2.45) is 0 Å². The predicted octanol–water partition coefficient (Wildman–Crippen LogP) is 1.42. The summed E-state index contributed by atoms with van der Waals surface area (Å²) in [6, 6.07) is 1.84. The Bertz CT molecular complexity index is 704. The molecule has 0 aromatic carbocycles. The number of hydrogen-bond acceptors (Lipinski definition) is 5. The molecule has 0 saturated carbocycles. The summed E-state index contributed by atoms with van der Waals surface area (Å²) in [7, 11) is 1.43. The lowest BCUT2D eigenvalue weighted by Gasteiger charge is -2.06. The number of aryl methyl sites for hydroxylation is 2. The van der Waals surface area contributed by atoms with Gasteiger partial charge < -0.3 is 0 Å². The Hall–Kier alpha value is -1.41. The van der Waals surface area contributed by atoms with Crippen LogP contribution in [0.5, 0.6) is 0 Å². The maximum absolute atomic E-state index is 11.4. The van der Waals surface area contributed by atoms with E-state index in [1.807, 2.05) is 19.9 Å². The summed E-state index contributed by atoms with van der Waals surface area (Å²) in [6.07, 6.45) is 0. The maximum Gasteiger partial charge on any atom is 0.296 e. The molecular weight excluding hydrogens is 290 g/mol.